The van der Waals surface area contributed by atoms with Crippen molar-refractivity contribution in [2.45, 2.75) is 25.3 Å². The summed E-state index contributed by atoms with van der Waals surface area (Å²) < 4.78 is 23.7. The van der Waals surface area contributed by atoms with Crippen molar-refractivity contribution in [2.24, 2.45) is 0 Å². The van der Waals surface area contributed by atoms with Crippen molar-refractivity contribution in [1.29, 1.82) is 0 Å². The van der Waals surface area contributed by atoms with Gasteiger partial charge >= 0.3 is 5.97 Å². The summed E-state index contributed by atoms with van der Waals surface area (Å²) in [5, 5.41) is 1.28. The van der Waals surface area contributed by atoms with Crippen molar-refractivity contribution >= 4 is 16.9 Å². The first-order valence-corrected chi connectivity index (χ1v) is 12.2. The maximum Gasteiger partial charge on any atom is 0.341 e. The van der Waals surface area contributed by atoms with E-state index in [0.717, 1.165) is 50.1 Å². The van der Waals surface area contributed by atoms with Crippen molar-refractivity contribution in [3.05, 3.63) is 78.1 Å². The molecule has 4 heterocycles. The number of carbonyl (C=O) groups excluding carboxylic acids is 1. The van der Waals surface area contributed by atoms with Gasteiger partial charge in [0.2, 0.25) is 0 Å². The molecule has 0 unspecified atom stereocenters. The third-order valence-corrected chi connectivity index (χ3v) is 6.93. The minimum atomic E-state index is -0.421. The smallest absolute Gasteiger partial charge is 0.341 e. The van der Waals surface area contributed by atoms with Gasteiger partial charge in [0.1, 0.15) is 23.7 Å². The second kappa shape index (κ2) is 10.9. The zero-order valence-electron chi connectivity index (χ0n) is 20.7. The highest BCUT2D eigenvalue weighted by atomic mass is 16.5. The van der Waals surface area contributed by atoms with Gasteiger partial charge in [-0.3, -0.25) is 9.88 Å². The molecule has 0 bridgehead atoms. The molecule has 1 fully saturated rings. The highest BCUT2D eigenvalue weighted by molar-refractivity contribution is 5.92. The lowest BCUT2D eigenvalue weighted by Gasteiger charge is -2.31. The largest absolute Gasteiger partial charge is 0.497 e. The zero-order chi connectivity index (χ0) is 24.9. The SMILES string of the molecule is COC(=O)c1ccc(OC)cc1OCCN1CCC(c2cn(Cc3ccoc3)c3cnccc23)CC1. The van der Waals surface area contributed by atoms with Gasteiger partial charge in [-0.15, -0.1) is 0 Å². The Morgan fingerprint density at radius 1 is 1.17 bits per heavy atom. The van der Waals surface area contributed by atoms with Gasteiger partial charge < -0.3 is 23.2 Å². The number of hydrogen-bond acceptors (Lipinski definition) is 7. The van der Waals surface area contributed by atoms with E-state index in [1.807, 2.05) is 18.5 Å². The minimum Gasteiger partial charge on any atom is -0.497 e. The van der Waals surface area contributed by atoms with Gasteiger partial charge in [0, 0.05) is 36.0 Å². The summed E-state index contributed by atoms with van der Waals surface area (Å²) in [6.07, 6.45) is 11.8. The molecule has 0 saturated carbocycles. The van der Waals surface area contributed by atoms with Crippen LogP contribution in [0.25, 0.3) is 10.9 Å². The number of likely N-dealkylation sites (tertiary alicyclic amines) is 1. The number of ether oxygens (including phenoxy) is 3. The number of esters is 1. The van der Waals surface area contributed by atoms with Crippen LogP contribution in [-0.2, 0) is 11.3 Å². The van der Waals surface area contributed by atoms with E-state index in [9.17, 15) is 4.79 Å². The van der Waals surface area contributed by atoms with Gasteiger partial charge in [-0.2, -0.15) is 0 Å². The lowest BCUT2D eigenvalue weighted by molar-refractivity contribution is 0.0595. The molecular formula is C28H31N3O5. The van der Waals surface area contributed by atoms with Crippen LogP contribution in [0.1, 0.15) is 40.2 Å². The first-order valence-electron chi connectivity index (χ1n) is 12.2. The highest BCUT2D eigenvalue weighted by Gasteiger charge is 2.24. The van der Waals surface area contributed by atoms with Gasteiger partial charge in [-0.25, -0.2) is 4.79 Å². The van der Waals surface area contributed by atoms with E-state index in [4.69, 9.17) is 18.6 Å². The van der Waals surface area contributed by atoms with Crippen molar-refractivity contribution in [3.63, 3.8) is 0 Å². The van der Waals surface area contributed by atoms with Crippen LogP contribution in [-0.4, -0.2) is 60.9 Å². The third kappa shape index (κ3) is 5.09. The van der Waals surface area contributed by atoms with E-state index in [1.54, 1.807) is 37.8 Å². The zero-order valence-corrected chi connectivity index (χ0v) is 20.7. The number of pyridine rings is 1. The summed E-state index contributed by atoms with van der Waals surface area (Å²) in [4.78, 5) is 18.9. The quantitative estimate of drug-likeness (QED) is 0.315. The number of aromatic nitrogens is 2. The molecule has 0 spiro atoms. The maximum absolute atomic E-state index is 12.1. The van der Waals surface area contributed by atoms with Gasteiger partial charge in [-0.1, -0.05) is 0 Å². The average Bonchev–Trinajstić information content (AvgIpc) is 3.57. The van der Waals surface area contributed by atoms with E-state index >= 15 is 0 Å². The van der Waals surface area contributed by atoms with Crippen molar-refractivity contribution < 1.29 is 23.4 Å². The van der Waals surface area contributed by atoms with Crippen LogP contribution in [0, 0.1) is 0 Å². The average molecular weight is 490 g/mol. The molecule has 188 valence electrons. The molecule has 1 saturated heterocycles. The topological polar surface area (TPSA) is 79.0 Å². The predicted octanol–water partition coefficient (Wildman–Crippen LogP) is 4.73. The van der Waals surface area contributed by atoms with Gasteiger partial charge in [0.15, 0.2) is 0 Å². The Balaban J connectivity index is 1.20. The standard InChI is InChI=1S/C28H31N3O5/c1-33-22-3-4-24(28(32)34-2)27(15-22)36-14-12-30-10-6-21(7-11-30)25-18-31(17-20-8-13-35-19-20)26-16-29-9-5-23(25)26/h3-5,8-9,13,15-16,18-19,21H,6-7,10-12,14,17H2,1-2H3. The number of rotatable bonds is 9. The molecule has 0 aliphatic carbocycles. The number of methoxy groups -OCH3 is 2. The first kappa shape index (κ1) is 23.9. The van der Waals surface area contributed by atoms with Crippen molar-refractivity contribution in [1.82, 2.24) is 14.5 Å². The van der Waals surface area contributed by atoms with Crippen LogP contribution in [0.2, 0.25) is 0 Å². The molecule has 0 amide bonds. The van der Waals surface area contributed by atoms with Crippen LogP contribution in [0.4, 0.5) is 0 Å². The fraction of sp³-hybridized carbons (Fsp3) is 0.357. The monoisotopic (exact) mass is 489 g/mol. The molecule has 1 aliphatic heterocycles. The number of benzene rings is 1. The minimum absolute atomic E-state index is 0.401. The normalized spacial score (nSPS) is 14.7. The molecule has 0 radical (unpaired) electrons. The fourth-order valence-corrected chi connectivity index (χ4v) is 4.98. The molecule has 5 rings (SSSR count). The molecular weight excluding hydrogens is 458 g/mol. The van der Waals surface area contributed by atoms with Gasteiger partial charge in [0.25, 0.3) is 0 Å². The molecule has 0 atom stereocenters. The number of piperidine rings is 1. The molecule has 8 heteroatoms. The Bertz CT molecular complexity index is 1310. The number of fused-ring (bicyclic) bond motifs is 1. The molecule has 36 heavy (non-hydrogen) atoms. The molecule has 4 aromatic rings. The number of furan rings is 1. The van der Waals surface area contributed by atoms with Crippen LogP contribution < -0.4 is 9.47 Å². The Morgan fingerprint density at radius 3 is 2.78 bits per heavy atom. The Labute approximate surface area is 210 Å². The second-order valence-electron chi connectivity index (χ2n) is 9.05. The van der Waals surface area contributed by atoms with Crippen LogP contribution >= 0.6 is 0 Å². The third-order valence-electron chi connectivity index (χ3n) is 6.93. The molecule has 8 nitrogen and oxygen atoms in total. The first-order chi connectivity index (χ1) is 17.7. The lowest BCUT2D eigenvalue weighted by Crippen LogP contribution is -2.35. The number of hydrogen-bond donors (Lipinski definition) is 0. The molecule has 0 N–H and O–H groups in total. The Morgan fingerprint density at radius 2 is 2.03 bits per heavy atom. The van der Waals surface area contributed by atoms with Gasteiger partial charge in [0.05, 0.1) is 45.0 Å². The summed E-state index contributed by atoms with van der Waals surface area (Å²) >= 11 is 0. The summed E-state index contributed by atoms with van der Waals surface area (Å²) in [6, 6.07) is 9.26. The Kier molecular flexibility index (Phi) is 7.23. The molecule has 3 aromatic heterocycles. The summed E-state index contributed by atoms with van der Waals surface area (Å²) in [5.41, 5.74) is 4.09. The maximum atomic E-state index is 12.1. The highest BCUT2D eigenvalue weighted by Crippen LogP contribution is 2.34. The lowest BCUT2D eigenvalue weighted by atomic mass is 9.89. The van der Waals surface area contributed by atoms with Gasteiger partial charge in [-0.05, 0) is 61.7 Å². The van der Waals surface area contributed by atoms with Crippen molar-refractivity contribution in [3.8, 4) is 11.5 Å². The van der Waals surface area contributed by atoms with E-state index in [-0.39, 0.29) is 0 Å². The van der Waals surface area contributed by atoms with Crippen LogP contribution in [0.5, 0.6) is 11.5 Å². The number of nitrogens with zero attached hydrogens (tertiary/aromatic N) is 3. The predicted molar refractivity (Wildman–Crippen MR) is 136 cm³/mol. The second-order valence-corrected chi connectivity index (χ2v) is 9.05. The Hall–Kier alpha value is -3.78. The van der Waals surface area contributed by atoms with E-state index in [2.05, 4.69) is 26.7 Å². The van der Waals surface area contributed by atoms with Crippen LogP contribution in [0.3, 0.4) is 0 Å². The fourth-order valence-electron chi connectivity index (χ4n) is 4.98. The van der Waals surface area contributed by atoms with E-state index in [0.29, 0.717) is 29.6 Å². The summed E-state index contributed by atoms with van der Waals surface area (Å²) in [7, 11) is 2.96. The molecule has 1 aromatic carbocycles. The summed E-state index contributed by atoms with van der Waals surface area (Å²) in [5.74, 6) is 1.20. The number of carbonyl (C=O) groups is 1. The van der Waals surface area contributed by atoms with E-state index in [1.165, 1.54) is 18.1 Å². The van der Waals surface area contributed by atoms with E-state index < -0.39 is 5.97 Å². The van der Waals surface area contributed by atoms with Crippen molar-refractivity contribution in [2.75, 3.05) is 40.5 Å². The summed E-state index contributed by atoms with van der Waals surface area (Å²) in [6.45, 7) is 4.03. The molecule has 1 aliphatic rings. The van der Waals surface area contributed by atoms with Crippen LogP contribution in [0.15, 0.2) is 65.9 Å².